The van der Waals surface area contributed by atoms with Crippen molar-refractivity contribution in [1.82, 2.24) is 4.90 Å². The van der Waals surface area contributed by atoms with Crippen molar-refractivity contribution in [2.45, 2.75) is 26.3 Å². The van der Waals surface area contributed by atoms with E-state index in [0.717, 1.165) is 26.1 Å². The van der Waals surface area contributed by atoms with E-state index in [0.29, 0.717) is 5.92 Å². The van der Waals surface area contributed by atoms with Crippen LogP contribution in [0.5, 0.6) is 0 Å². The van der Waals surface area contributed by atoms with Crippen LogP contribution in [-0.2, 0) is 9.53 Å². The van der Waals surface area contributed by atoms with Crippen LogP contribution in [0.15, 0.2) is 0 Å². The van der Waals surface area contributed by atoms with Gasteiger partial charge in [0.05, 0.1) is 12.6 Å². The van der Waals surface area contributed by atoms with Crippen molar-refractivity contribution in [1.29, 1.82) is 0 Å². The molecule has 0 unspecified atom stereocenters. The van der Waals surface area contributed by atoms with Crippen molar-refractivity contribution < 1.29 is 9.53 Å². The molecule has 0 bridgehead atoms. The molecule has 0 aliphatic carbocycles. The number of rotatable bonds is 4. The van der Waals surface area contributed by atoms with Crippen LogP contribution in [-0.4, -0.2) is 43.7 Å². The summed E-state index contributed by atoms with van der Waals surface area (Å²) < 4.78 is 5.09. The molecule has 4 nitrogen and oxygen atoms in total. The maximum Gasteiger partial charge on any atom is 0.239 e. The predicted molar refractivity (Wildman–Crippen MR) is 59.4 cm³/mol. The minimum atomic E-state index is -0.355. The molecule has 0 aromatic heterocycles. The summed E-state index contributed by atoms with van der Waals surface area (Å²) in [6.07, 6.45) is 1.03. The molecule has 0 saturated carbocycles. The van der Waals surface area contributed by atoms with Crippen molar-refractivity contribution in [3.05, 3.63) is 0 Å². The van der Waals surface area contributed by atoms with Crippen LogP contribution in [0.1, 0.15) is 20.3 Å². The molecule has 0 aromatic rings. The topological polar surface area (TPSA) is 55.6 Å². The Morgan fingerprint density at radius 3 is 2.80 bits per heavy atom. The van der Waals surface area contributed by atoms with Crippen LogP contribution in [0.2, 0.25) is 0 Å². The summed E-state index contributed by atoms with van der Waals surface area (Å²) in [5.74, 6) is 0.779. The summed E-state index contributed by atoms with van der Waals surface area (Å²) in [5.41, 5.74) is 5.84. The molecule has 88 valence electrons. The lowest BCUT2D eigenvalue weighted by Crippen LogP contribution is -2.45. The van der Waals surface area contributed by atoms with Gasteiger partial charge in [0.2, 0.25) is 5.91 Å². The molecule has 1 amide bonds. The monoisotopic (exact) mass is 214 g/mol. The summed E-state index contributed by atoms with van der Waals surface area (Å²) >= 11 is 0. The highest BCUT2D eigenvalue weighted by molar-refractivity contribution is 5.82. The molecule has 1 saturated heterocycles. The number of hydrogen-bond acceptors (Lipinski definition) is 3. The average Bonchev–Trinajstić information content (AvgIpc) is 2.64. The SMILES string of the molecule is COC[C@H]1CCN(C(=O)[C@@H](N)C(C)C)C1. The van der Waals surface area contributed by atoms with E-state index in [-0.39, 0.29) is 17.9 Å². The Kier molecular flexibility index (Phi) is 4.54. The lowest BCUT2D eigenvalue weighted by atomic mass is 10.0. The van der Waals surface area contributed by atoms with E-state index in [1.54, 1.807) is 7.11 Å². The van der Waals surface area contributed by atoms with Gasteiger partial charge in [-0.15, -0.1) is 0 Å². The van der Waals surface area contributed by atoms with Gasteiger partial charge in [0, 0.05) is 26.1 Å². The van der Waals surface area contributed by atoms with Crippen molar-refractivity contribution in [2.24, 2.45) is 17.6 Å². The smallest absolute Gasteiger partial charge is 0.239 e. The highest BCUT2D eigenvalue weighted by Crippen LogP contribution is 2.18. The highest BCUT2D eigenvalue weighted by Gasteiger charge is 2.30. The first-order chi connectivity index (χ1) is 7.06. The number of carbonyl (C=O) groups is 1. The number of amides is 1. The van der Waals surface area contributed by atoms with Gasteiger partial charge in [-0.1, -0.05) is 13.8 Å². The minimum Gasteiger partial charge on any atom is -0.384 e. The van der Waals surface area contributed by atoms with Gasteiger partial charge in [0.1, 0.15) is 0 Å². The Balaban J connectivity index is 2.43. The number of methoxy groups -OCH3 is 1. The number of carbonyl (C=O) groups excluding carboxylic acids is 1. The zero-order valence-corrected chi connectivity index (χ0v) is 9.90. The third-order valence-corrected chi connectivity index (χ3v) is 3.00. The van der Waals surface area contributed by atoms with Crippen molar-refractivity contribution in [3.8, 4) is 0 Å². The Morgan fingerprint density at radius 2 is 2.27 bits per heavy atom. The lowest BCUT2D eigenvalue weighted by Gasteiger charge is -2.23. The molecule has 15 heavy (non-hydrogen) atoms. The molecule has 2 atom stereocenters. The number of ether oxygens (including phenoxy) is 1. The molecule has 1 aliphatic rings. The second-order valence-corrected chi connectivity index (χ2v) is 4.66. The van der Waals surface area contributed by atoms with Gasteiger partial charge >= 0.3 is 0 Å². The molecule has 0 radical (unpaired) electrons. The van der Waals surface area contributed by atoms with Crippen molar-refractivity contribution >= 4 is 5.91 Å². The standard InChI is InChI=1S/C11H22N2O2/c1-8(2)10(12)11(14)13-5-4-9(6-13)7-15-3/h8-10H,4-7,12H2,1-3H3/t9-,10-/m0/s1. The maximum atomic E-state index is 11.9. The maximum absolute atomic E-state index is 11.9. The van der Waals surface area contributed by atoms with Crippen molar-refractivity contribution in [3.63, 3.8) is 0 Å². The first-order valence-electron chi connectivity index (χ1n) is 5.59. The van der Waals surface area contributed by atoms with Crippen LogP contribution >= 0.6 is 0 Å². The Hall–Kier alpha value is -0.610. The molecule has 1 heterocycles. The van der Waals surface area contributed by atoms with Gasteiger partial charge in [0.25, 0.3) is 0 Å². The van der Waals surface area contributed by atoms with Crippen LogP contribution in [0.25, 0.3) is 0 Å². The highest BCUT2D eigenvalue weighted by atomic mass is 16.5. The quantitative estimate of drug-likeness (QED) is 0.740. The van der Waals surface area contributed by atoms with E-state index >= 15 is 0 Å². The molecular weight excluding hydrogens is 192 g/mol. The third kappa shape index (κ3) is 3.18. The second-order valence-electron chi connectivity index (χ2n) is 4.66. The zero-order chi connectivity index (χ0) is 11.4. The zero-order valence-electron chi connectivity index (χ0n) is 9.90. The summed E-state index contributed by atoms with van der Waals surface area (Å²) in [6.45, 7) is 6.32. The largest absolute Gasteiger partial charge is 0.384 e. The van der Waals surface area contributed by atoms with Gasteiger partial charge in [-0.25, -0.2) is 0 Å². The molecule has 1 fully saturated rings. The summed E-state index contributed by atoms with van der Waals surface area (Å²) in [5, 5.41) is 0. The van der Waals surface area contributed by atoms with Gasteiger partial charge in [-0.05, 0) is 12.3 Å². The molecule has 0 spiro atoms. The Labute approximate surface area is 91.8 Å². The number of likely N-dealkylation sites (tertiary alicyclic amines) is 1. The normalized spacial score (nSPS) is 23.5. The van der Waals surface area contributed by atoms with Crippen LogP contribution in [0.4, 0.5) is 0 Å². The van der Waals surface area contributed by atoms with E-state index in [2.05, 4.69) is 0 Å². The van der Waals surface area contributed by atoms with Gasteiger partial charge < -0.3 is 15.4 Å². The third-order valence-electron chi connectivity index (χ3n) is 3.00. The van der Waals surface area contributed by atoms with Gasteiger partial charge in [-0.3, -0.25) is 4.79 Å². The van der Waals surface area contributed by atoms with Gasteiger partial charge in [0.15, 0.2) is 0 Å². The molecule has 1 aliphatic heterocycles. The molecular formula is C11H22N2O2. The minimum absolute atomic E-state index is 0.0867. The summed E-state index contributed by atoms with van der Waals surface area (Å²) in [6, 6.07) is -0.355. The second kappa shape index (κ2) is 5.47. The van der Waals surface area contributed by atoms with Gasteiger partial charge in [-0.2, -0.15) is 0 Å². The number of nitrogens with two attached hydrogens (primary N) is 1. The molecule has 4 heteroatoms. The molecule has 1 rings (SSSR count). The van der Waals surface area contributed by atoms with E-state index in [9.17, 15) is 4.79 Å². The van der Waals surface area contributed by atoms with E-state index < -0.39 is 0 Å². The van der Waals surface area contributed by atoms with E-state index in [1.807, 2.05) is 18.7 Å². The summed E-state index contributed by atoms with van der Waals surface area (Å²) in [7, 11) is 1.70. The fraction of sp³-hybridized carbons (Fsp3) is 0.909. The fourth-order valence-electron chi connectivity index (χ4n) is 1.90. The van der Waals surface area contributed by atoms with E-state index in [1.165, 1.54) is 0 Å². The molecule has 2 N–H and O–H groups in total. The van der Waals surface area contributed by atoms with Crippen molar-refractivity contribution in [2.75, 3.05) is 26.8 Å². The Morgan fingerprint density at radius 1 is 1.60 bits per heavy atom. The molecule has 0 aromatic carbocycles. The van der Waals surface area contributed by atoms with E-state index in [4.69, 9.17) is 10.5 Å². The van der Waals surface area contributed by atoms with Crippen LogP contribution < -0.4 is 5.73 Å². The number of hydrogen-bond donors (Lipinski definition) is 1. The van der Waals surface area contributed by atoms with Crippen LogP contribution in [0.3, 0.4) is 0 Å². The Bertz CT molecular complexity index is 219. The average molecular weight is 214 g/mol. The first-order valence-corrected chi connectivity index (χ1v) is 5.59. The fourth-order valence-corrected chi connectivity index (χ4v) is 1.90. The summed E-state index contributed by atoms with van der Waals surface area (Å²) in [4.78, 5) is 13.8. The lowest BCUT2D eigenvalue weighted by molar-refractivity contribution is -0.132. The van der Waals surface area contributed by atoms with Crippen LogP contribution in [0, 0.1) is 11.8 Å². The number of nitrogens with zero attached hydrogens (tertiary/aromatic N) is 1. The first kappa shape index (κ1) is 12.5. The predicted octanol–water partition coefficient (Wildman–Crippen LogP) is 0.465.